The van der Waals surface area contributed by atoms with Gasteiger partial charge in [-0.05, 0) is 0 Å². The summed E-state index contributed by atoms with van der Waals surface area (Å²) in [6, 6.07) is 0. The molecule has 0 saturated carbocycles. The van der Waals surface area contributed by atoms with Gasteiger partial charge in [0.25, 0.3) is 0 Å². The van der Waals surface area contributed by atoms with Crippen LogP contribution in [0.15, 0.2) is 10.3 Å². The summed E-state index contributed by atoms with van der Waals surface area (Å²) >= 11 is 8.96. The summed E-state index contributed by atoms with van der Waals surface area (Å²) in [6.07, 6.45) is 0. The van der Waals surface area contributed by atoms with Crippen molar-refractivity contribution in [3.05, 3.63) is 0 Å². The Labute approximate surface area is 99.8 Å². The third-order valence-corrected chi connectivity index (χ3v) is 0.769. The number of nitrogens with zero attached hydrogens (tertiary/aromatic N) is 4. The number of hydrogen-bond donors (Lipinski definition) is 0. The van der Waals surface area contributed by atoms with E-state index in [4.69, 9.17) is 0 Å². The first-order chi connectivity index (χ1) is 3.79. The molecule has 8 heteroatoms. The second kappa shape index (κ2) is 6.56. The molecule has 0 amide bonds. The van der Waals surface area contributed by atoms with Crippen molar-refractivity contribution in [2.75, 3.05) is 0 Å². The van der Waals surface area contributed by atoms with Gasteiger partial charge in [0.2, 0.25) is 0 Å². The van der Waals surface area contributed by atoms with Crippen LogP contribution in [0.5, 0.6) is 0 Å². The van der Waals surface area contributed by atoms with Gasteiger partial charge in [0.15, 0.2) is 0 Å². The van der Waals surface area contributed by atoms with Crippen LogP contribution in [0.1, 0.15) is 0 Å². The Morgan fingerprint density at radius 3 is 1.10 bits per heavy atom. The molecule has 10 heavy (non-hydrogen) atoms. The maximum atomic E-state index is 4.48. The van der Waals surface area contributed by atoms with Gasteiger partial charge in [0.05, 0.1) is 10.3 Å². The van der Waals surface area contributed by atoms with Gasteiger partial charge in [-0.1, -0.05) is 0 Å². The predicted molar refractivity (Wildman–Crippen MR) is 28.9 cm³/mol. The van der Waals surface area contributed by atoms with Crippen molar-refractivity contribution in [2.24, 2.45) is 0 Å². The van der Waals surface area contributed by atoms with Crippen LogP contribution >= 0.6 is 0 Å². The normalized spacial score (nSPS) is 7.20. The zero-order valence-electron chi connectivity index (χ0n) is 4.21. The molecule has 0 saturated heterocycles. The fourth-order valence-electron chi connectivity index (χ4n) is 0.211. The van der Waals surface area contributed by atoms with Crippen LogP contribution in [0.25, 0.3) is 0 Å². The van der Waals surface area contributed by atoms with Crippen molar-refractivity contribution < 1.29 is 44.8 Å². The fourth-order valence-corrected chi connectivity index (χ4v) is 0.374. The Morgan fingerprint density at radius 2 is 0.900 bits per heavy atom. The molecule has 1 rings (SSSR count). The molecule has 1 heterocycles. The molecule has 0 aromatic carbocycles. The van der Waals surface area contributed by atoms with E-state index < -0.39 is 0 Å². The first-order valence-corrected chi connectivity index (χ1v) is 2.52. The summed E-state index contributed by atoms with van der Waals surface area (Å²) in [5.74, 6) is 0. The van der Waals surface area contributed by atoms with E-state index in [1.54, 1.807) is 0 Å². The number of rotatable bonds is 0. The van der Waals surface area contributed by atoms with E-state index in [1.807, 2.05) is 0 Å². The molecule has 0 aliphatic rings. The average Bonchev–Trinajstić information content (AvgIpc) is 1.77. The van der Waals surface area contributed by atoms with Crippen molar-refractivity contribution in [3.63, 3.8) is 0 Å². The Balaban J connectivity index is 0. The van der Waals surface area contributed by atoms with Crippen LogP contribution in [-0.2, 0) is 70.0 Å². The topological polar surface area (TPSA) is 51.6 Å². The van der Waals surface area contributed by atoms with Gasteiger partial charge in [-0.15, -0.1) is 0 Å². The molecule has 0 fully saturated rings. The summed E-state index contributed by atoms with van der Waals surface area (Å²) < 4.78 is 0. The monoisotopic (exact) mass is 358 g/mol. The summed E-state index contributed by atoms with van der Waals surface area (Å²) in [5, 5.41) is 13.7. The Bertz CT molecular complexity index is 158. The molecule has 0 N–H and O–H groups in total. The van der Waals surface area contributed by atoms with Crippen LogP contribution < -0.4 is 0 Å². The minimum absolute atomic E-state index is 0. The molecule has 4 nitrogen and oxygen atoms in total. The second-order valence-electron chi connectivity index (χ2n) is 0.965. The second-order valence-corrected chi connectivity index (χ2v) is 1.70. The molecule has 0 aliphatic carbocycles. The standard InChI is InChI=1S/C2H2N4S2.2Ag/c7-1-3-5-2(8)6-4-1;;/h(H,3,4,7)(H,5,6,8);;/q;2*+1/p-2. The zero-order valence-corrected chi connectivity index (χ0v) is 8.81. The van der Waals surface area contributed by atoms with Gasteiger partial charge in [-0.2, -0.15) is 20.4 Å². The third kappa shape index (κ3) is 4.64. The van der Waals surface area contributed by atoms with Crippen molar-refractivity contribution in [1.29, 1.82) is 0 Å². The van der Waals surface area contributed by atoms with E-state index in [0.29, 0.717) is 0 Å². The molecular weight excluding hydrogens is 360 g/mol. The van der Waals surface area contributed by atoms with Crippen LogP contribution in [0, 0.1) is 0 Å². The zero-order chi connectivity index (χ0) is 5.98. The predicted octanol–water partition coefficient (Wildman–Crippen LogP) is -0.927. The number of hydrogen-bond acceptors (Lipinski definition) is 6. The summed E-state index contributed by atoms with van der Waals surface area (Å²) in [5.41, 5.74) is 0. The maximum Gasteiger partial charge on any atom is 1.00 e. The Morgan fingerprint density at radius 1 is 0.700 bits per heavy atom. The number of aromatic nitrogens is 4. The van der Waals surface area contributed by atoms with Gasteiger partial charge in [-0.3, -0.25) is 0 Å². The molecule has 0 radical (unpaired) electrons. The van der Waals surface area contributed by atoms with Crippen molar-refractivity contribution in [3.8, 4) is 0 Å². The van der Waals surface area contributed by atoms with Gasteiger partial charge in [0.1, 0.15) is 0 Å². The van der Waals surface area contributed by atoms with E-state index in [0.717, 1.165) is 0 Å². The average molecular weight is 360 g/mol. The van der Waals surface area contributed by atoms with E-state index in [1.165, 1.54) is 0 Å². The minimum Gasteiger partial charge on any atom is -0.736 e. The maximum absolute atomic E-state index is 4.48. The van der Waals surface area contributed by atoms with Gasteiger partial charge < -0.3 is 25.3 Å². The largest absolute Gasteiger partial charge is 1.00 e. The first kappa shape index (κ1) is 13.5. The van der Waals surface area contributed by atoms with Crippen molar-refractivity contribution >= 4 is 25.3 Å². The fraction of sp³-hybridized carbons (Fsp3) is 0. The summed E-state index contributed by atoms with van der Waals surface area (Å²) in [6.45, 7) is 0. The van der Waals surface area contributed by atoms with E-state index in [2.05, 4.69) is 45.7 Å². The Hall–Kier alpha value is 0.861. The molecule has 0 spiro atoms. The molecule has 0 bridgehead atoms. The van der Waals surface area contributed by atoms with E-state index in [9.17, 15) is 0 Å². The molecule has 1 aromatic heterocycles. The van der Waals surface area contributed by atoms with E-state index >= 15 is 0 Å². The van der Waals surface area contributed by atoms with Crippen LogP contribution in [0.3, 0.4) is 0 Å². The summed E-state index contributed by atoms with van der Waals surface area (Å²) in [7, 11) is 0. The smallest absolute Gasteiger partial charge is 0.736 e. The van der Waals surface area contributed by atoms with Crippen LogP contribution in [-0.4, -0.2) is 20.4 Å². The Kier molecular flexibility index (Phi) is 8.83. The first-order valence-electron chi connectivity index (χ1n) is 1.70. The molecule has 62 valence electrons. The van der Waals surface area contributed by atoms with Crippen LogP contribution in [0.4, 0.5) is 0 Å². The quantitative estimate of drug-likeness (QED) is 0.441. The van der Waals surface area contributed by atoms with Gasteiger partial charge >= 0.3 is 44.8 Å². The minimum atomic E-state index is 0. The van der Waals surface area contributed by atoms with Gasteiger partial charge in [0, 0.05) is 0 Å². The molecule has 0 aliphatic heterocycles. The molecule has 0 atom stereocenters. The van der Waals surface area contributed by atoms with Crippen LogP contribution in [0.2, 0.25) is 0 Å². The van der Waals surface area contributed by atoms with Crippen molar-refractivity contribution in [2.45, 2.75) is 10.3 Å². The van der Waals surface area contributed by atoms with Crippen molar-refractivity contribution in [1.82, 2.24) is 20.4 Å². The molecular formula is C2Ag2N4S2. The molecule has 0 unspecified atom stereocenters. The summed E-state index contributed by atoms with van der Waals surface area (Å²) in [4.78, 5) is 0. The van der Waals surface area contributed by atoms with Gasteiger partial charge in [-0.25, -0.2) is 0 Å². The molecule has 1 aromatic rings. The third-order valence-electron chi connectivity index (χ3n) is 0.442. The van der Waals surface area contributed by atoms with E-state index in [-0.39, 0.29) is 55.1 Å². The SMILES string of the molecule is [Ag+].[Ag+].[S-]c1nnc([S-])nn1.